The van der Waals surface area contributed by atoms with Crippen LogP contribution in [0.5, 0.6) is 0 Å². The van der Waals surface area contributed by atoms with E-state index >= 15 is 0 Å². The fraction of sp³-hybridized carbons (Fsp3) is 0.471. The first-order chi connectivity index (χ1) is 10.2. The number of aromatic nitrogens is 1. The second-order valence-electron chi connectivity index (χ2n) is 5.94. The predicted octanol–water partition coefficient (Wildman–Crippen LogP) is 3.04. The third kappa shape index (κ3) is 3.34. The quantitative estimate of drug-likeness (QED) is 0.938. The van der Waals surface area contributed by atoms with Crippen molar-refractivity contribution in [2.75, 3.05) is 6.54 Å². The average Bonchev–Trinajstić information content (AvgIpc) is 2.97. The van der Waals surface area contributed by atoms with E-state index in [2.05, 4.69) is 17.0 Å². The molecule has 0 saturated carbocycles. The van der Waals surface area contributed by atoms with Crippen molar-refractivity contribution in [2.45, 2.75) is 44.8 Å². The Labute approximate surface area is 125 Å². The monoisotopic (exact) mass is 285 g/mol. The van der Waals surface area contributed by atoms with Crippen LogP contribution in [0.3, 0.4) is 0 Å². The van der Waals surface area contributed by atoms with Crippen molar-refractivity contribution in [3.8, 4) is 11.3 Å². The van der Waals surface area contributed by atoms with Crippen molar-refractivity contribution in [2.24, 2.45) is 5.73 Å². The van der Waals surface area contributed by atoms with E-state index in [0.717, 1.165) is 30.1 Å². The van der Waals surface area contributed by atoms with Crippen molar-refractivity contribution in [1.82, 2.24) is 10.1 Å². The molecule has 1 aromatic heterocycles. The third-order valence-corrected chi connectivity index (χ3v) is 4.26. The lowest BCUT2D eigenvalue weighted by Crippen LogP contribution is -2.48. The van der Waals surface area contributed by atoms with E-state index in [9.17, 15) is 0 Å². The van der Waals surface area contributed by atoms with E-state index < -0.39 is 0 Å². The van der Waals surface area contributed by atoms with Gasteiger partial charge < -0.3 is 10.3 Å². The maximum Gasteiger partial charge on any atom is 0.151 e. The summed E-state index contributed by atoms with van der Waals surface area (Å²) >= 11 is 0. The smallest absolute Gasteiger partial charge is 0.151 e. The zero-order valence-electron chi connectivity index (χ0n) is 12.5. The van der Waals surface area contributed by atoms with Crippen molar-refractivity contribution >= 4 is 0 Å². The van der Waals surface area contributed by atoms with Crippen molar-refractivity contribution in [1.29, 1.82) is 0 Å². The molecule has 0 spiro atoms. The molecule has 2 N–H and O–H groups in total. The number of hydrogen-bond donors (Lipinski definition) is 1. The van der Waals surface area contributed by atoms with Crippen LogP contribution in [-0.2, 0) is 6.54 Å². The van der Waals surface area contributed by atoms with Crippen LogP contribution in [0.2, 0.25) is 0 Å². The Morgan fingerprint density at radius 3 is 2.90 bits per heavy atom. The van der Waals surface area contributed by atoms with Crippen molar-refractivity contribution in [3.05, 3.63) is 42.2 Å². The Balaban J connectivity index is 1.72. The van der Waals surface area contributed by atoms with Crippen LogP contribution >= 0.6 is 0 Å². The molecule has 2 heterocycles. The van der Waals surface area contributed by atoms with Crippen LogP contribution < -0.4 is 5.73 Å². The molecule has 21 heavy (non-hydrogen) atoms. The van der Waals surface area contributed by atoms with Gasteiger partial charge in [0, 0.05) is 23.7 Å². The molecule has 3 rings (SSSR count). The molecule has 1 fully saturated rings. The average molecular weight is 285 g/mol. The van der Waals surface area contributed by atoms with Crippen molar-refractivity contribution < 1.29 is 4.52 Å². The first-order valence-electron chi connectivity index (χ1n) is 7.74. The minimum Gasteiger partial charge on any atom is -0.359 e. The molecule has 0 amide bonds. The molecule has 2 atom stereocenters. The summed E-state index contributed by atoms with van der Waals surface area (Å²) in [7, 11) is 0. The highest BCUT2D eigenvalue weighted by Crippen LogP contribution is 2.24. The van der Waals surface area contributed by atoms with E-state index in [1.807, 2.05) is 36.4 Å². The van der Waals surface area contributed by atoms with Gasteiger partial charge >= 0.3 is 0 Å². The highest BCUT2D eigenvalue weighted by atomic mass is 16.5. The normalized spacial score (nSPS) is 21.3. The fourth-order valence-corrected chi connectivity index (χ4v) is 3.14. The SMILES string of the molecule is CC(N)C1CCCCN1Cc1cc(-c2ccccc2)no1. The van der Waals surface area contributed by atoms with Gasteiger partial charge in [-0.3, -0.25) is 4.90 Å². The number of piperidine rings is 1. The van der Waals surface area contributed by atoms with Gasteiger partial charge in [-0.05, 0) is 26.3 Å². The summed E-state index contributed by atoms with van der Waals surface area (Å²) in [5.74, 6) is 0.918. The third-order valence-electron chi connectivity index (χ3n) is 4.26. The fourth-order valence-electron chi connectivity index (χ4n) is 3.14. The number of likely N-dealkylation sites (tertiary alicyclic amines) is 1. The lowest BCUT2D eigenvalue weighted by Gasteiger charge is -2.37. The Morgan fingerprint density at radius 2 is 2.14 bits per heavy atom. The van der Waals surface area contributed by atoms with Gasteiger partial charge in [0.25, 0.3) is 0 Å². The number of benzene rings is 1. The molecule has 1 aliphatic rings. The minimum absolute atomic E-state index is 0.196. The van der Waals surface area contributed by atoms with Crippen LogP contribution in [0.4, 0.5) is 0 Å². The Hall–Kier alpha value is -1.65. The lowest BCUT2D eigenvalue weighted by molar-refractivity contribution is 0.111. The highest BCUT2D eigenvalue weighted by Gasteiger charge is 2.26. The van der Waals surface area contributed by atoms with Crippen LogP contribution in [-0.4, -0.2) is 28.7 Å². The molecule has 112 valence electrons. The first-order valence-corrected chi connectivity index (χ1v) is 7.74. The van der Waals surface area contributed by atoms with Crippen molar-refractivity contribution in [3.63, 3.8) is 0 Å². The predicted molar refractivity (Wildman–Crippen MR) is 83.6 cm³/mol. The second kappa shape index (κ2) is 6.41. The molecule has 1 aliphatic heterocycles. The van der Waals surface area contributed by atoms with E-state index in [-0.39, 0.29) is 6.04 Å². The summed E-state index contributed by atoms with van der Waals surface area (Å²) in [4.78, 5) is 2.43. The first kappa shape index (κ1) is 14.3. The Morgan fingerprint density at radius 1 is 1.33 bits per heavy atom. The van der Waals surface area contributed by atoms with Gasteiger partial charge in [-0.2, -0.15) is 0 Å². The zero-order chi connectivity index (χ0) is 14.7. The van der Waals surface area contributed by atoms with E-state index in [1.165, 1.54) is 19.3 Å². The molecule has 1 aromatic carbocycles. The molecule has 0 radical (unpaired) electrons. The van der Waals surface area contributed by atoms with Gasteiger partial charge in [0.05, 0.1) is 6.54 Å². The summed E-state index contributed by atoms with van der Waals surface area (Å²) in [6.07, 6.45) is 3.69. The maximum atomic E-state index is 6.12. The molecular formula is C17H23N3O. The zero-order valence-corrected chi connectivity index (χ0v) is 12.5. The Kier molecular flexibility index (Phi) is 4.36. The molecule has 1 saturated heterocycles. The van der Waals surface area contributed by atoms with Crippen LogP contribution in [0.15, 0.2) is 40.9 Å². The van der Waals surface area contributed by atoms with Crippen LogP contribution in [0.1, 0.15) is 31.9 Å². The number of rotatable bonds is 4. The molecule has 4 heteroatoms. The van der Waals surface area contributed by atoms with Gasteiger partial charge in [0.2, 0.25) is 0 Å². The van der Waals surface area contributed by atoms with Gasteiger partial charge in [-0.15, -0.1) is 0 Å². The van der Waals surface area contributed by atoms with Crippen LogP contribution in [0, 0.1) is 0 Å². The minimum atomic E-state index is 0.196. The largest absolute Gasteiger partial charge is 0.359 e. The maximum absolute atomic E-state index is 6.12. The lowest BCUT2D eigenvalue weighted by atomic mass is 9.97. The molecular weight excluding hydrogens is 262 g/mol. The summed E-state index contributed by atoms with van der Waals surface area (Å²) < 4.78 is 5.52. The van der Waals surface area contributed by atoms with Crippen LogP contribution in [0.25, 0.3) is 11.3 Å². The van der Waals surface area contributed by atoms with Gasteiger partial charge in [0.1, 0.15) is 5.69 Å². The number of nitrogens with two attached hydrogens (primary N) is 1. The van der Waals surface area contributed by atoms with Gasteiger partial charge in [-0.25, -0.2) is 0 Å². The van der Waals surface area contributed by atoms with Gasteiger partial charge in [0.15, 0.2) is 5.76 Å². The topological polar surface area (TPSA) is 55.3 Å². The standard InChI is InChI=1S/C17H23N3O/c1-13(18)17-9-5-6-10-20(17)12-15-11-16(19-21-15)14-7-3-2-4-8-14/h2-4,7-8,11,13,17H,5-6,9-10,12,18H2,1H3. The number of nitrogens with zero attached hydrogens (tertiary/aromatic N) is 2. The summed E-state index contributed by atoms with van der Waals surface area (Å²) in [6, 6.07) is 12.8. The Bertz CT molecular complexity index is 564. The molecule has 0 aliphatic carbocycles. The summed E-state index contributed by atoms with van der Waals surface area (Å²) in [5, 5.41) is 4.19. The molecule has 4 nitrogen and oxygen atoms in total. The number of hydrogen-bond acceptors (Lipinski definition) is 4. The van der Waals surface area contributed by atoms with E-state index in [4.69, 9.17) is 10.3 Å². The van der Waals surface area contributed by atoms with E-state index in [0.29, 0.717) is 6.04 Å². The molecule has 2 unspecified atom stereocenters. The summed E-state index contributed by atoms with van der Waals surface area (Å²) in [6.45, 7) is 3.98. The second-order valence-corrected chi connectivity index (χ2v) is 5.94. The highest BCUT2D eigenvalue weighted by molar-refractivity contribution is 5.58. The molecule has 2 aromatic rings. The van der Waals surface area contributed by atoms with Gasteiger partial charge in [-0.1, -0.05) is 41.9 Å². The summed E-state index contributed by atoms with van der Waals surface area (Å²) in [5.41, 5.74) is 8.11. The van der Waals surface area contributed by atoms with E-state index in [1.54, 1.807) is 0 Å². The molecule has 0 bridgehead atoms.